The van der Waals surface area contributed by atoms with Crippen molar-refractivity contribution in [3.8, 4) is 5.75 Å². The molecule has 0 radical (unpaired) electrons. The van der Waals surface area contributed by atoms with Gasteiger partial charge in [0.15, 0.2) is 0 Å². The molecule has 1 N–H and O–H groups in total. The largest absolute Gasteiger partial charge is 0.496 e. The summed E-state index contributed by atoms with van der Waals surface area (Å²) in [5.74, 6) is 0.731. The lowest BCUT2D eigenvalue weighted by atomic mass is 10.1. The lowest BCUT2D eigenvalue weighted by Crippen LogP contribution is -2.44. The average Bonchev–Trinajstić information content (AvgIpc) is 2.65. The highest BCUT2D eigenvalue weighted by Crippen LogP contribution is 2.27. The highest BCUT2D eigenvalue weighted by Gasteiger charge is 2.25. The second kappa shape index (κ2) is 8.82. The molecule has 0 unspecified atom stereocenters. The molecule has 0 aromatic heterocycles. The predicted molar refractivity (Wildman–Crippen MR) is 113 cm³/mol. The van der Waals surface area contributed by atoms with Crippen molar-refractivity contribution in [2.45, 2.75) is 44.2 Å². The molecule has 2 aromatic rings. The van der Waals surface area contributed by atoms with Crippen molar-refractivity contribution < 1.29 is 13.2 Å². The molecule has 1 fully saturated rings. The summed E-state index contributed by atoms with van der Waals surface area (Å²) in [5.41, 5.74) is 2.86. The third kappa shape index (κ3) is 5.06. The maximum absolute atomic E-state index is 12.8. The summed E-state index contributed by atoms with van der Waals surface area (Å²) in [6, 6.07) is 11.2. The van der Waals surface area contributed by atoms with Crippen LogP contribution in [0.4, 0.5) is 0 Å². The quantitative estimate of drug-likeness (QED) is 0.766. The molecule has 2 aromatic carbocycles. The maximum Gasteiger partial charge on any atom is 0.240 e. The van der Waals surface area contributed by atoms with Crippen LogP contribution in [0.3, 0.4) is 0 Å². The van der Waals surface area contributed by atoms with Gasteiger partial charge in [0.05, 0.1) is 12.0 Å². The SMILES string of the molecule is COc1c(C)cc(S(=O)(=O)NC2CCN(Cc3ccc(Cl)cc3)CC2)cc1C. The van der Waals surface area contributed by atoms with Gasteiger partial charge in [0, 0.05) is 30.7 Å². The highest BCUT2D eigenvalue weighted by atomic mass is 35.5. The van der Waals surface area contributed by atoms with E-state index < -0.39 is 10.0 Å². The van der Waals surface area contributed by atoms with E-state index in [9.17, 15) is 8.42 Å². The third-order valence-corrected chi connectivity index (χ3v) is 6.93. The van der Waals surface area contributed by atoms with Gasteiger partial charge in [-0.05, 0) is 67.6 Å². The first-order valence-corrected chi connectivity index (χ1v) is 11.3. The van der Waals surface area contributed by atoms with Crippen LogP contribution in [-0.2, 0) is 16.6 Å². The molecule has 0 spiro atoms. The summed E-state index contributed by atoms with van der Waals surface area (Å²) in [7, 11) is -1.95. The van der Waals surface area contributed by atoms with E-state index in [2.05, 4.69) is 9.62 Å². The number of methoxy groups -OCH3 is 1. The van der Waals surface area contributed by atoms with Gasteiger partial charge in [-0.2, -0.15) is 0 Å². The molecule has 1 saturated heterocycles. The fourth-order valence-corrected chi connectivity index (χ4v) is 5.33. The van der Waals surface area contributed by atoms with E-state index in [0.29, 0.717) is 4.90 Å². The van der Waals surface area contributed by atoms with E-state index in [4.69, 9.17) is 16.3 Å². The number of benzene rings is 2. The molecule has 1 aliphatic heterocycles. The Morgan fingerprint density at radius 3 is 2.21 bits per heavy atom. The van der Waals surface area contributed by atoms with Crippen molar-refractivity contribution in [3.63, 3.8) is 0 Å². The number of rotatable bonds is 6. The number of hydrogen-bond donors (Lipinski definition) is 1. The van der Waals surface area contributed by atoms with Gasteiger partial charge in [0.25, 0.3) is 0 Å². The number of hydrogen-bond acceptors (Lipinski definition) is 4. The minimum Gasteiger partial charge on any atom is -0.496 e. The first-order chi connectivity index (χ1) is 13.3. The number of piperidine rings is 1. The first kappa shape index (κ1) is 21.1. The van der Waals surface area contributed by atoms with Crippen molar-refractivity contribution in [1.29, 1.82) is 0 Å². The number of ether oxygens (including phenoxy) is 1. The molecular weight excluding hydrogens is 396 g/mol. The predicted octanol–water partition coefficient (Wildman–Crippen LogP) is 3.91. The van der Waals surface area contributed by atoms with Crippen LogP contribution in [0.15, 0.2) is 41.3 Å². The van der Waals surface area contributed by atoms with Crippen LogP contribution in [0, 0.1) is 13.8 Å². The smallest absolute Gasteiger partial charge is 0.240 e. The molecule has 7 heteroatoms. The van der Waals surface area contributed by atoms with Crippen molar-refractivity contribution in [3.05, 3.63) is 58.1 Å². The number of nitrogens with one attached hydrogen (secondary N) is 1. The van der Waals surface area contributed by atoms with Crippen LogP contribution in [-0.4, -0.2) is 39.6 Å². The first-order valence-electron chi connectivity index (χ1n) is 9.43. The fourth-order valence-electron chi connectivity index (χ4n) is 3.73. The summed E-state index contributed by atoms with van der Waals surface area (Å²) < 4.78 is 33.9. The maximum atomic E-state index is 12.8. The van der Waals surface area contributed by atoms with E-state index in [0.717, 1.165) is 54.4 Å². The molecular formula is C21H27ClN2O3S. The molecule has 0 bridgehead atoms. The Bertz CT molecular complexity index is 898. The normalized spacial score (nSPS) is 16.3. The summed E-state index contributed by atoms with van der Waals surface area (Å²) >= 11 is 5.94. The van der Waals surface area contributed by atoms with E-state index in [-0.39, 0.29) is 6.04 Å². The van der Waals surface area contributed by atoms with Crippen molar-refractivity contribution in [1.82, 2.24) is 9.62 Å². The van der Waals surface area contributed by atoms with Crippen LogP contribution in [0.1, 0.15) is 29.5 Å². The zero-order valence-electron chi connectivity index (χ0n) is 16.5. The molecule has 1 heterocycles. The minimum absolute atomic E-state index is 0.0471. The Balaban J connectivity index is 1.60. The average molecular weight is 423 g/mol. The lowest BCUT2D eigenvalue weighted by molar-refractivity contribution is 0.200. The van der Waals surface area contributed by atoms with Crippen LogP contribution >= 0.6 is 11.6 Å². The van der Waals surface area contributed by atoms with E-state index in [1.54, 1.807) is 19.2 Å². The summed E-state index contributed by atoms with van der Waals surface area (Å²) in [6.45, 7) is 6.29. The highest BCUT2D eigenvalue weighted by molar-refractivity contribution is 7.89. The second-order valence-electron chi connectivity index (χ2n) is 7.39. The summed E-state index contributed by atoms with van der Waals surface area (Å²) in [5, 5.41) is 0.737. The molecule has 0 aliphatic carbocycles. The summed E-state index contributed by atoms with van der Waals surface area (Å²) in [4.78, 5) is 2.64. The second-order valence-corrected chi connectivity index (χ2v) is 9.54. The van der Waals surface area contributed by atoms with Crippen molar-refractivity contribution in [2.75, 3.05) is 20.2 Å². The molecule has 0 saturated carbocycles. The van der Waals surface area contributed by atoms with Crippen LogP contribution in [0.2, 0.25) is 5.02 Å². The zero-order chi connectivity index (χ0) is 20.3. The topological polar surface area (TPSA) is 58.6 Å². The molecule has 0 amide bonds. The van der Waals surface area contributed by atoms with Gasteiger partial charge in [-0.15, -0.1) is 0 Å². The van der Waals surface area contributed by atoms with Crippen LogP contribution in [0.5, 0.6) is 5.75 Å². The summed E-state index contributed by atoms with van der Waals surface area (Å²) in [6.07, 6.45) is 1.59. The minimum atomic E-state index is -3.55. The molecule has 3 rings (SSSR count). The van der Waals surface area contributed by atoms with Gasteiger partial charge < -0.3 is 4.74 Å². The Morgan fingerprint density at radius 2 is 1.68 bits per heavy atom. The van der Waals surface area contributed by atoms with Gasteiger partial charge in [0.1, 0.15) is 5.75 Å². The van der Waals surface area contributed by atoms with E-state index in [1.165, 1.54) is 5.56 Å². The number of likely N-dealkylation sites (tertiary alicyclic amines) is 1. The third-order valence-electron chi connectivity index (χ3n) is 5.18. The molecule has 1 aliphatic rings. The molecule has 5 nitrogen and oxygen atoms in total. The number of aryl methyl sites for hydroxylation is 2. The van der Waals surface area contributed by atoms with E-state index >= 15 is 0 Å². The van der Waals surface area contributed by atoms with Gasteiger partial charge in [-0.25, -0.2) is 13.1 Å². The Morgan fingerprint density at radius 1 is 1.11 bits per heavy atom. The van der Waals surface area contributed by atoms with Crippen LogP contribution in [0.25, 0.3) is 0 Å². The Labute approximate surface area is 172 Å². The zero-order valence-corrected chi connectivity index (χ0v) is 18.1. The van der Waals surface area contributed by atoms with Gasteiger partial charge in [-0.3, -0.25) is 4.90 Å². The van der Waals surface area contributed by atoms with Gasteiger partial charge in [0.2, 0.25) is 10.0 Å². The number of sulfonamides is 1. The van der Waals surface area contributed by atoms with Crippen molar-refractivity contribution in [2.24, 2.45) is 0 Å². The standard InChI is InChI=1S/C21H27ClN2O3S/c1-15-12-20(13-16(2)21(15)27-3)28(25,26)23-19-8-10-24(11-9-19)14-17-4-6-18(22)7-5-17/h4-7,12-13,19,23H,8-11,14H2,1-3H3. The molecule has 28 heavy (non-hydrogen) atoms. The van der Waals surface area contributed by atoms with E-state index in [1.807, 2.05) is 38.1 Å². The van der Waals surface area contributed by atoms with Gasteiger partial charge >= 0.3 is 0 Å². The van der Waals surface area contributed by atoms with Gasteiger partial charge in [-0.1, -0.05) is 23.7 Å². The molecule has 152 valence electrons. The molecule has 0 atom stereocenters. The van der Waals surface area contributed by atoms with Crippen LogP contribution < -0.4 is 9.46 Å². The Kier molecular flexibility index (Phi) is 6.65. The number of nitrogens with zero attached hydrogens (tertiary/aromatic N) is 1. The lowest BCUT2D eigenvalue weighted by Gasteiger charge is -2.32. The Hall–Kier alpha value is -1.60. The van der Waals surface area contributed by atoms with Crippen molar-refractivity contribution >= 4 is 21.6 Å². The monoisotopic (exact) mass is 422 g/mol. The fraction of sp³-hybridized carbons (Fsp3) is 0.429. The number of halogens is 1.